The highest BCUT2D eigenvalue weighted by Crippen LogP contribution is 2.38. The molecule has 1 fully saturated rings. The Morgan fingerprint density at radius 2 is 2.20 bits per heavy atom. The van der Waals surface area contributed by atoms with Gasteiger partial charge in [-0.3, -0.25) is 0 Å². The molecule has 1 aromatic rings. The molecule has 112 valence electrons. The van der Waals surface area contributed by atoms with Crippen LogP contribution in [0.3, 0.4) is 0 Å². The fourth-order valence-corrected chi connectivity index (χ4v) is 3.38. The maximum absolute atomic E-state index is 11.7. The van der Waals surface area contributed by atoms with Gasteiger partial charge in [-0.2, -0.15) is 0 Å². The summed E-state index contributed by atoms with van der Waals surface area (Å²) in [5.74, 6) is 0.426. The number of methoxy groups -OCH3 is 2. The van der Waals surface area contributed by atoms with Crippen LogP contribution in [0.4, 0.5) is 5.13 Å². The van der Waals surface area contributed by atoms with Gasteiger partial charge in [-0.1, -0.05) is 11.3 Å². The second kappa shape index (κ2) is 6.54. The summed E-state index contributed by atoms with van der Waals surface area (Å²) < 4.78 is 9.99. The highest BCUT2D eigenvalue weighted by molar-refractivity contribution is 7.17. The van der Waals surface area contributed by atoms with Crippen LogP contribution in [0.5, 0.6) is 0 Å². The summed E-state index contributed by atoms with van der Waals surface area (Å²) in [5, 5.41) is 0.888. The predicted octanol–water partition coefficient (Wildman–Crippen LogP) is 2.49. The van der Waals surface area contributed by atoms with E-state index in [-0.39, 0.29) is 5.97 Å². The Morgan fingerprint density at radius 3 is 2.75 bits per heavy atom. The lowest BCUT2D eigenvalue weighted by molar-refractivity contribution is 0.0605. The van der Waals surface area contributed by atoms with E-state index in [0.717, 1.165) is 23.3 Å². The Labute approximate surface area is 123 Å². The van der Waals surface area contributed by atoms with E-state index in [0.29, 0.717) is 17.5 Å². The van der Waals surface area contributed by atoms with E-state index in [2.05, 4.69) is 16.8 Å². The van der Waals surface area contributed by atoms with Gasteiger partial charge in [-0.25, -0.2) is 9.78 Å². The molecule has 0 spiro atoms. The summed E-state index contributed by atoms with van der Waals surface area (Å²) >= 11 is 1.41. The number of carbonyl (C=O) groups excluding carboxylic acids is 1. The summed E-state index contributed by atoms with van der Waals surface area (Å²) in [6.45, 7) is 5.52. The average Bonchev–Trinajstić information content (AvgIpc) is 3.22. The minimum atomic E-state index is -0.308. The molecule has 0 radical (unpaired) electrons. The van der Waals surface area contributed by atoms with Crippen molar-refractivity contribution in [2.24, 2.45) is 5.92 Å². The molecule has 6 heteroatoms. The lowest BCUT2D eigenvalue weighted by atomic mass is 10.2. The second-order valence-electron chi connectivity index (χ2n) is 5.17. The topological polar surface area (TPSA) is 51.7 Å². The van der Waals surface area contributed by atoms with Crippen molar-refractivity contribution < 1.29 is 14.3 Å². The zero-order valence-corrected chi connectivity index (χ0v) is 13.3. The van der Waals surface area contributed by atoms with Crippen LogP contribution in [0.15, 0.2) is 0 Å². The fraction of sp³-hybridized carbons (Fsp3) is 0.714. The number of esters is 1. The van der Waals surface area contributed by atoms with Crippen molar-refractivity contribution in [1.82, 2.24) is 4.98 Å². The quantitative estimate of drug-likeness (QED) is 0.724. The first-order valence-corrected chi connectivity index (χ1v) is 7.71. The van der Waals surface area contributed by atoms with Crippen LogP contribution in [0, 0.1) is 12.8 Å². The third-order valence-corrected chi connectivity index (χ3v) is 4.91. The van der Waals surface area contributed by atoms with E-state index in [1.54, 1.807) is 7.11 Å². The summed E-state index contributed by atoms with van der Waals surface area (Å²) in [6.07, 6.45) is 2.55. The van der Waals surface area contributed by atoms with Gasteiger partial charge in [0.1, 0.15) is 4.88 Å². The van der Waals surface area contributed by atoms with Gasteiger partial charge < -0.3 is 14.4 Å². The zero-order valence-electron chi connectivity index (χ0n) is 12.5. The molecular weight excluding hydrogens is 276 g/mol. The maximum Gasteiger partial charge on any atom is 0.350 e. The van der Waals surface area contributed by atoms with E-state index in [9.17, 15) is 4.79 Å². The van der Waals surface area contributed by atoms with Crippen molar-refractivity contribution in [3.8, 4) is 0 Å². The minimum Gasteiger partial charge on any atom is -0.465 e. The first-order valence-electron chi connectivity index (χ1n) is 6.89. The zero-order chi connectivity index (χ0) is 14.7. The highest BCUT2D eigenvalue weighted by atomic mass is 32.1. The van der Waals surface area contributed by atoms with Crippen LogP contribution < -0.4 is 4.90 Å². The summed E-state index contributed by atoms with van der Waals surface area (Å²) in [4.78, 5) is 19.1. The van der Waals surface area contributed by atoms with E-state index in [1.807, 2.05) is 6.92 Å². The molecule has 5 nitrogen and oxygen atoms in total. The molecule has 2 rings (SSSR count). The van der Waals surface area contributed by atoms with Crippen molar-refractivity contribution in [3.63, 3.8) is 0 Å². The van der Waals surface area contributed by atoms with Crippen LogP contribution >= 0.6 is 11.3 Å². The van der Waals surface area contributed by atoms with E-state index in [4.69, 9.17) is 9.47 Å². The predicted molar refractivity (Wildman–Crippen MR) is 79.6 cm³/mol. The minimum absolute atomic E-state index is 0.308. The third-order valence-electron chi connectivity index (χ3n) is 3.73. The average molecular weight is 298 g/mol. The Bertz CT molecular complexity index is 471. The fourth-order valence-electron chi connectivity index (χ4n) is 2.28. The van der Waals surface area contributed by atoms with Gasteiger partial charge in [0.15, 0.2) is 5.13 Å². The van der Waals surface area contributed by atoms with Gasteiger partial charge >= 0.3 is 5.97 Å². The van der Waals surface area contributed by atoms with Crippen LogP contribution in [-0.2, 0) is 9.47 Å². The number of thiazole rings is 1. The van der Waals surface area contributed by atoms with Crippen LogP contribution in [0.2, 0.25) is 0 Å². The lowest BCUT2D eigenvalue weighted by Crippen LogP contribution is -2.37. The SMILES string of the molecule is COCCN(c1nc(C)c(C(=O)OC)s1)C(C)C1CC1. The number of ether oxygens (including phenoxy) is 2. The Morgan fingerprint density at radius 1 is 1.50 bits per heavy atom. The Hall–Kier alpha value is -1.14. The van der Waals surface area contributed by atoms with E-state index in [1.165, 1.54) is 31.3 Å². The van der Waals surface area contributed by atoms with Crippen LogP contribution in [-0.4, -0.2) is 44.4 Å². The van der Waals surface area contributed by atoms with Crippen molar-refractivity contribution in [2.75, 3.05) is 32.3 Å². The van der Waals surface area contributed by atoms with Gasteiger partial charge in [0.2, 0.25) is 0 Å². The molecule has 0 aromatic carbocycles. The maximum atomic E-state index is 11.7. The normalized spacial score (nSPS) is 16.0. The van der Waals surface area contributed by atoms with Gasteiger partial charge in [0, 0.05) is 19.7 Å². The van der Waals surface area contributed by atoms with Gasteiger partial charge in [0.05, 0.1) is 19.4 Å². The number of rotatable bonds is 7. The first-order chi connectivity index (χ1) is 9.58. The molecule has 0 aliphatic heterocycles. The molecule has 1 aliphatic rings. The molecule has 1 aliphatic carbocycles. The van der Waals surface area contributed by atoms with Crippen molar-refractivity contribution >= 4 is 22.4 Å². The summed E-state index contributed by atoms with van der Waals surface area (Å²) in [6, 6.07) is 0.432. The molecule has 1 atom stereocenters. The monoisotopic (exact) mass is 298 g/mol. The molecule has 1 unspecified atom stereocenters. The highest BCUT2D eigenvalue weighted by Gasteiger charge is 2.33. The van der Waals surface area contributed by atoms with E-state index >= 15 is 0 Å². The number of aromatic nitrogens is 1. The Kier molecular flexibility index (Phi) is 4.99. The molecule has 0 bridgehead atoms. The molecule has 1 heterocycles. The summed E-state index contributed by atoms with van der Waals surface area (Å²) in [5.41, 5.74) is 0.738. The number of aryl methyl sites for hydroxylation is 1. The van der Waals surface area contributed by atoms with Gasteiger partial charge in [-0.15, -0.1) is 0 Å². The van der Waals surface area contributed by atoms with Crippen molar-refractivity contribution in [3.05, 3.63) is 10.6 Å². The molecule has 0 N–H and O–H groups in total. The van der Waals surface area contributed by atoms with Crippen LogP contribution in [0.1, 0.15) is 35.1 Å². The van der Waals surface area contributed by atoms with Crippen molar-refractivity contribution in [2.45, 2.75) is 32.7 Å². The number of carbonyl (C=O) groups is 1. The Balaban J connectivity index is 2.21. The van der Waals surface area contributed by atoms with Gasteiger partial charge in [0.25, 0.3) is 0 Å². The molecule has 0 amide bonds. The molecule has 20 heavy (non-hydrogen) atoms. The smallest absolute Gasteiger partial charge is 0.350 e. The largest absolute Gasteiger partial charge is 0.465 e. The van der Waals surface area contributed by atoms with E-state index < -0.39 is 0 Å². The number of hydrogen-bond acceptors (Lipinski definition) is 6. The van der Waals surface area contributed by atoms with Gasteiger partial charge in [-0.05, 0) is 32.6 Å². The lowest BCUT2D eigenvalue weighted by Gasteiger charge is -2.28. The number of nitrogens with zero attached hydrogens (tertiary/aromatic N) is 2. The number of anilines is 1. The molecule has 0 saturated heterocycles. The van der Waals surface area contributed by atoms with Crippen molar-refractivity contribution in [1.29, 1.82) is 0 Å². The second-order valence-corrected chi connectivity index (χ2v) is 6.14. The summed E-state index contributed by atoms with van der Waals surface area (Å²) in [7, 11) is 3.10. The third kappa shape index (κ3) is 3.30. The molecule has 1 aromatic heterocycles. The molecule has 1 saturated carbocycles. The molecular formula is C14H22N2O3S. The van der Waals surface area contributed by atoms with Crippen LogP contribution in [0.25, 0.3) is 0 Å². The number of hydrogen-bond donors (Lipinski definition) is 0. The first kappa shape index (κ1) is 15.3. The standard InChI is InChI=1S/C14H22N2O3S/c1-9-12(13(17)19-4)20-14(15-9)16(7-8-18-3)10(2)11-5-6-11/h10-11H,5-8H2,1-4H3.